The summed E-state index contributed by atoms with van der Waals surface area (Å²) in [5.41, 5.74) is 1.85. The number of esters is 3. The van der Waals surface area contributed by atoms with Crippen molar-refractivity contribution < 1.29 is 33.3 Å². The van der Waals surface area contributed by atoms with E-state index in [9.17, 15) is 14.4 Å². The van der Waals surface area contributed by atoms with Gasteiger partial charge in [0.05, 0.1) is 25.4 Å². The van der Waals surface area contributed by atoms with Gasteiger partial charge in [0.1, 0.15) is 24.9 Å². The Kier molecular flexibility index (Phi) is 7.41. The molecule has 0 saturated heterocycles. The minimum atomic E-state index is -1.25. The minimum Gasteiger partial charge on any atom is -0.490 e. The molecule has 156 valence electrons. The van der Waals surface area contributed by atoms with E-state index in [-0.39, 0.29) is 24.4 Å². The molecule has 0 bridgehead atoms. The van der Waals surface area contributed by atoms with Crippen LogP contribution in [-0.4, -0.2) is 45.3 Å². The molecule has 8 nitrogen and oxygen atoms in total. The number of ether oxygens (including phenoxy) is 4. The van der Waals surface area contributed by atoms with E-state index in [4.69, 9.17) is 18.9 Å². The van der Waals surface area contributed by atoms with Crippen molar-refractivity contribution >= 4 is 17.9 Å². The molecular formula is C21H25NO7. The molecule has 1 heterocycles. The maximum atomic E-state index is 12.8. The van der Waals surface area contributed by atoms with Crippen LogP contribution >= 0.6 is 0 Å². The molecule has 1 N–H and O–H groups in total. The quantitative estimate of drug-likeness (QED) is 0.419. The van der Waals surface area contributed by atoms with Crippen molar-refractivity contribution in [3.63, 3.8) is 0 Å². The second kappa shape index (κ2) is 9.77. The monoisotopic (exact) mass is 403 g/mol. The summed E-state index contributed by atoms with van der Waals surface area (Å²) in [5.74, 6) is -2.84. The van der Waals surface area contributed by atoms with Gasteiger partial charge in [0.25, 0.3) is 0 Å². The summed E-state index contributed by atoms with van der Waals surface area (Å²) >= 11 is 0. The molecule has 1 aromatic rings. The zero-order valence-electron chi connectivity index (χ0n) is 17.2. The summed E-state index contributed by atoms with van der Waals surface area (Å²) in [6, 6.07) is 7.45. The Morgan fingerprint density at radius 3 is 2.03 bits per heavy atom. The highest BCUT2D eigenvalue weighted by Crippen LogP contribution is 2.32. The van der Waals surface area contributed by atoms with Gasteiger partial charge in [0.15, 0.2) is 0 Å². The second-order valence-corrected chi connectivity index (χ2v) is 6.45. The molecule has 2 rings (SSSR count). The molecule has 8 heteroatoms. The van der Waals surface area contributed by atoms with Crippen LogP contribution in [0, 0.1) is 12.8 Å². The fourth-order valence-electron chi connectivity index (χ4n) is 3.08. The van der Waals surface area contributed by atoms with Gasteiger partial charge in [0, 0.05) is 11.4 Å². The molecular weight excluding hydrogens is 378 g/mol. The molecule has 1 aliphatic heterocycles. The predicted octanol–water partition coefficient (Wildman–Crippen LogP) is 2.03. The van der Waals surface area contributed by atoms with Crippen LogP contribution in [0.4, 0.5) is 0 Å². The van der Waals surface area contributed by atoms with Crippen molar-refractivity contribution in [1.29, 1.82) is 0 Å². The third kappa shape index (κ3) is 5.16. The van der Waals surface area contributed by atoms with E-state index in [1.807, 2.05) is 25.1 Å². The number of methoxy groups -OCH3 is 2. The number of nitrogens with one attached hydrogen (secondary N) is 1. The van der Waals surface area contributed by atoms with Crippen LogP contribution in [0.5, 0.6) is 5.75 Å². The number of hydrogen-bond acceptors (Lipinski definition) is 8. The first kappa shape index (κ1) is 22.0. The largest absolute Gasteiger partial charge is 0.490 e. The van der Waals surface area contributed by atoms with Gasteiger partial charge in [-0.15, -0.1) is 0 Å². The standard InChI is InChI=1S/C21H25NO7/c1-12-7-6-8-15(11-12)28-9-10-29-21(25)18-16(19(23)26-4)13(2)22-14(3)17(18)20(24)27-5/h6-8,11,18,22H,9-10H2,1-5H3. The lowest BCUT2D eigenvalue weighted by Gasteiger charge is -2.28. The van der Waals surface area contributed by atoms with E-state index >= 15 is 0 Å². The van der Waals surface area contributed by atoms with Crippen LogP contribution in [0.25, 0.3) is 0 Å². The van der Waals surface area contributed by atoms with E-state index < -0.39 is 23.8 Å². The zero-order chi connectivity index (χ0) is 21.6. The SMILES string of the molecule is COC(=O)C1=C(C)NC(C)=C(C(=O)OC)C1C(=O)OCCOc1cccc(C)c1. The Hall–Kier alpha value is -3.29. The third-order valence-electron chi connectivity index (χ3n) is 4.39. The van der Waals surface area contributed by atoms with Crippen molar-refractivity contribution in [2.45, 2.75) is 20.8 Å². The van der Waals surface area contributed by atoms with Gasteiger partial charge >= 0.3 is 17.9 Å². The highest BCUT2D eigenvalue weighted by atomic mass is 16.6. The van der Waals surface area contributed by atoms with E-state index in [1.54, 1.807) is 19.9 Å². The van der Waals surface area contributed by atoms with Gasteiger partial charge in [-0.2, -0.15) is 0 Å². The lowest BCUT2D eigenvalue weighted by atomic mass is 9.85. The maximum Gasteiger partial charge on any atom is 0.336 e. The van der Waals surface area contributed by atoms with Crippen molar-refractivity contribution in [1.82, 2.24) is 5.32 Å². The van der Waals surface area contributed by atoms with Crippen LogP contribution in [0.1, 0.15) is 19.4 Å². The summed E-state index contributed by atoms with van der Waals surface area (Å²) in [5, 5.41) is 2.91. The number of aryl methyl sites for hydroxylation is 1. The molecule has 0 radical (unpaired) electrons. The predicted molar refractivity (Wildman–Crippen MR) is 104 cm³/mol. The molecule has 0 fully saturated rings. The van der Waals surface area contributed by atoms with Gasteiger partial charge in [-0.25, -0.2) is 9.59 Å². The molecule has 29 heavy (non-hydrogen) atoms. The zero-order valence-corrected chi connectivity index (χ0v) is 17.2. The molecule has 0 amide bonds. The normalized spacial score (nSPS) is 14.2. The number of benzene rings is 1. The summed E-state index contributed by atoms with van der Waals surface area (Å²) in [6.07, 6.45) is 0. The number of carbonyl (C=O) groups is 3. The van der Waals surface area contributed by atoms with Gasteiger partial charge in [-0.3, -0.25) is 4.79 Å². The fraction of sp³-hybridized carbons (Fsp3) is 0.381. The molecule has 0 atom stereocenters. The first-order chi connectivity index (χ1) is 13.8. The molecule has 0 unspecified atom stereocenters. The number of carbonyl (C=O) groups excluding carboxylic acids is 3. The van der Waals surface area contributed by atoms with Crippen LogP contribution in [0.2, 0.25) is 0 Å². The Balaban J connectivity index is 2.16. The Labute approximate surface area is 169 Å². The third-order valence-corrected chi connectivity index (χ3v) is 4.39. The van der Waals surface area contributed by atoms with E-state index in [0.29, 0.717) is 17.1 Å². The Morgan fingerprint density at radius 2 is 1.52 bits per heavy atom. The number of rotatable bonds is 7. The van der Waals surface area contributed by atoms with Gasteiger partial charge in [-0.1, -0.05) is 12.1 Å². The topological polar surface area (TPSA) is 100 Å². The summed E-state index contributed by atoms with van der Waals surface area (Å²) in [6.45, 7) is 5.23. The molecule has 0 saturated carbocycles. The Bertz CT molecular complexity index is 832. The van der Waals surface area contributed by atoms with Crippen molar-refractivity contribution in [3.05, 3.63) is 52.4 Å². The van der Waals surface area contributed by atoms with E-state index in [2.05, 4.69) is 5.32 Å². The van der Waals surface area contributed by atoms with Gasteiger partial charge < -0.3 is 24.3 Å². The lowest BCUT2D eigenvalue weighted by molar-refractivity contribution is -0.151. The summed E-state index contributed by atoms with van der Waals surface area (Å²) in [7, 11) is 2.40. The number of hydrogen-bond donors (Lipinski definition) is 1. The highest BCUT2D eigenvalue weighted by molar-refractivity contribution is 6.05. The molecule has 0 aliphatic carbocycles. The van der Waals surface area contributed by atoms with E-state index in [0.717, 1.165) is 5.56 Å². The number of allylic oxidation sites excluding steroid dienone is 2. The minimum absolute atomic E-state index is 0.00287. The first-order valence-electron chi connectivity index (χ1n) is 9.01. The van der Waals surface area contributed by atoms with E-state index in [1.165, 1.54) is 14.2 Å². The average molecular weight is 403 g/mol. The van der Waals surface area contributed by atoms with Crippen LogP contribution in [0.3, 0.4) is 0 Å². The molecule has 0 aromatic heterocycles. The first-order valence-corrected chi connectivity index (χ1v) is 9.01. The van der Waals surface area contributed by atoms with Crippen LogP contribution < -0.4 is 10.1 Å². The second-order valence-electron chi connectivity index (χ2n) is 6.45. The average Bonchev–Trinajstić information content (AvgIpc) is 2.69. The Morgan fingerprint density at radius 1 is 0.931 bits per heavy atom. The van der Waals surface area contributed by atoms with Gasteiger partial charge in [-0.05, 0) is 38.5 Å². The van der Waals surface area contributed by atoms with Crippen molar-refractivity contribution in [2.75, 3.05) is 27.4 Å². The maximum absolute atomic E-state index is 12.8. The van der Waals surface area contributed by atoms with Crippen LogP contribution in [-0.2, 0) is 28.6 Å². The molecule has 1 aromatic carbocycles. The van der Waals surface area contributed by atoms with Crippen molar-refractivity contribution in [3.8, 4) is 5.75 Å². The highest BCUT2D eigenvalue weighted by Gasteiger charge is 2.42. The van der Waals surface area contributed by atoms with Crippen molar-refractivity contribution in [2.24, 2.45) is 5.92 Å². The smallest absolute Gasteiger partial charge is 0.336 e. The summed E-state index contributed by atoms with van der Waals surface area (Å²) < 4.78 is 20.4. The van der Waals surface area contributed by atoms with Crippen LogP contribution in [0.15, 0.2) is 46.8 Å². The summed E-state index contributed by atoms with van der Waals surface area (Å²) in [4.78, 5) is 37.4. The molecule has 0 spiro atoms. The van der Waals surface area contributed by atoms with Gasteiger partial charge in [0.2, 0.25) is 0 Å². The lowest BCUT2D eigenvalue weighted by Crippen LogP contribution is -2.38. The number of dihydropyridines is 1. The molecule has 1 aliphatic rings. The fourth-order valence-corrected chi connectivity index (χ4v) is 3.08.